The van der Waals surface area contributed by atoms with Crippen molar-refractivity contribution in [3.8, 4) is 0 Å². The molecule has 4 amide bonds. The maximum atomic E-state index is 13.2. The molecule has 22 heavy (non-hydrogen) atoms. The molecule has 0 bridgehead atoms. The summed E-state index contributed by atoms with van der Waals surface area (Å²) in [4.78, 5) is 36.5. The van der Waals surface area contributed by atoms with E-state index in [4.69, 9.17) is 0 Å². The van der Waals surface area contributed by atoms with Crippen LogP contribution >= 0.6 is 0 Å². The summed E-state index contributed by atoms with van der Waals surface area (Å²) < 4.78 is 13.2. The number of hydrogen-bond donors (Lipinski definition) is 2. The van der Waals surface area contributed by atoms with Crippen molar-refractivity contribution in [1.29, 1.82) is 0 Å². The molecule has 1 spiro atoms. The minimum absolute atomic E-state index is 0.187. The topological polar surface area (TPSA) is 78.5 Å². The second-order valence-corrected chi connectivity index (χ2v) is 5.76. The Hall–Kier alpha value is -2.44. The Morgan fingerprint density at radius 3 is 2.64 bits per heavy atom. The van der Waals surface area contributed by atoms with Crippen LogP contribution in [0.5, 0.6) is 0 Å². The quantitative estimate of drug-likeness (QED) is 0.815. The molecular formula is C15H16FN3O3. The molecule has 2 N–H and O–H groups in total. The Morgan fingerprint density at radius 2 is 2.00 bits per heavy atom. The molecule has 1 aliphatic carbocycles. The lowest BCUT2D eigenvalue weighted by molar-refractivity contribution is -0.132. The number of rotatable bonds is 2. The highest BCUT2D eigenvalue weighted by atomic mass is 19.1. The first-order chi connectivity index (χ1) is 10.4. The van der Waals surface area contributed by atoms with Gasteiger partial charge in [-0.3, -0.25) is 15.0 Å². The van der Waals surface area contributed by atoms with Gasteiger partial charge in [0.15, 0.2) is 0 Å². The van der Waals surface area contributed by atoms with Gasteiger partial charge in [0.25, 0.3) is 11.8 Å². The molecule has 116 valence electrons. The van der Waals surface area contributed by atoms with E-state index in [9.17, 15) is 18.8 Å². The van der Waals surface area contributed by atoms with E-state index in [1.54, 1.807) is 0 Å². The number of aryl methyl sites for hydroxylation is 1. The molecule has 1 aromatic rings. The van der Waals surface area contributed by atoms with Crippen LogP contribution in [-0.4, -0.2) is 28.4 Å². The molecule has 0 radical (unpaired) electrons. The lowest BCUT2D eigenvalue weighted by Gasteiger charge is -2.20. The predicted octanol–water partition coefficient (Wildman–Crippen LogP) is 1.64. The van der Waals surface area contributed by atoms with E-state index < -0.39 is 29.2 Å². The Morgan fingerprint density at radius 1 is 1.32 bits per heavy atom. The first kappa shape index (κ1) is 14.5. The van der Waals surface area contributed by atoms with Crippen molar-refractivity contribution in [1.82, 2.24) is 15.8 Å². The lowest BCUT2D eigenvalue weighted by atomic mass is 9.98. The first-order valence-corrected chi connectivity index (χ1v) is 7.17. The minimum Gasteiger partial charge on any atom is -0.322 e. The normalized spacial score (nSPS) is 19.6. The molecule has 6 nitrogen and oxygen atoms in total. The van der Waals surface area contributed by atoms with E-state index in [1.807, 2.05) is 0 Å². The van der Waals surface area contributed by atoms with Crippen LogP contribution in [0.15, 0.2) is 18.2 Å². The van der Waals surface area contributed by atoms with E-state index in [0.717, 1.165) is 17.9 Å². The van der Waals surface area contributed by atoms with Gasteiger partial charge in [0, 0.05) is 5.56 Å². The molecule has 0 atom stereocenters. The number of hydrazine groups is 1. The van der Waals surface area contributed by atoms with Crippen LogP contribution in [0.3, 0.4) is 0 Å². The van der Waals surface area contributed by atoms with Crippen molar-refractivity contribution >= 4 is 17.8 Å². The maximum absolute atomic E-state index is 13.2. The van der Waals surface area contributed by atoms with E-state index in [1.165, 1.54) is 25.1 Å². The fourth-order valence-corrected chi connectivity index (χ4v) is 2.99. The number of amides is 4. The summed E-state index contributed by atoms with van der Waals surface area (Å²) in [6.45, 7) is 1.54. The second-order valence-electron chi connectivity index (χ2n) is 5.76. The molecule has 7 heteroatoms. The van der Waals surface area contributed by atoms with Gasteiger partial charge in [-0.25, -0.2) is 9.18 Å². The van der Waals surface area contributed by atoms with Gasteiger partial charge in [-0.1, -0.05) is 12.8 Å². The average molecular weight is 305 g/mol. The highest BCUT2D eigenvalue weighted by Crippen LogP contribution is 2.34. The molecule has 0 aromatic heterocycles. The van der Waals surface area contributed by atoms with Gasteiger partial charge < -0.3 is 5.32 Å². The standard InChI is InChI=1S/C15H16FN3O3/c1-9-8-10(4-5-11(9)16)12(20)18-19-13(21)15(17-14(19)22)6-2-3-7-15/h4-5,8H,2-3,6-7H2,1H3,(H,17,22)(H,18,20). The summed E-state index contributed by atoms with van der Waals surface area (Å²) in [6.07, 6.45) is 2.90. The van der Waals surface area contributed by atoms with Crippen LogP contribution in [0.4, 0.5) is 9.18 Å². The third kappa shape index (κ3) is 2.22. The van der Waals surface area contributed by atoms with Crippen LogP contribution in [-0.2, 0) is 4.79 Å². The van der Waals surface area contributed by atoms with Gasteiger partial charge in [0.2, 0.25) is 0 Å². The molecule has 1 aromatic carbocycles. The summed E-state index contributed by atoms with van der Waals surface area (Å²) in [5.41, 5.74) is 1.93. The van der Waals surface area contributed by atoms with E-state index in [0.29, 0.717) is 18.4 Å². The largest absolute Gasteiger partial charge is 0.344 e. The van der Waals surface area contributed by atoms with E-state index in [-0.39, 0.29) is 5.56 Å². The molecule has 2 fully saturated rings. The van der Waals surface area contributed by atoms with Crippen molar-refractivity contribution in [3.63, 3.8) is 0 Å². The maximum Gasteiger partial charge on any atom is 0.344 e. The molecule has 2 aliphatic rings. The van der Waals surface area contributed by atoms with Crippen molar-refractivity contribution in [2.75, 3.05) is 0 Å². The van der Waals surface area contributed by atoms with Crippen LogP contribution in [0.25, 0.3) is 0 Å². The number of imide groups is 1. The number of hydrogen-bond acceptors (Lipinski definition) is 3. The van der Waals surface area contributed by atoms with Crippen molar-refractivity contribution < 1.29 is 18.8 Å². The highest BCUT2D eigenvalue weighted by Gasteiger charge is 2.53. The number of carbonyl (C=O) groups excluding carboxylic acids is 3. The summed E-state index contributed by atoms with van der Waals surface area (Å²) in [6, 6.07) is 3.23. The van der Waals surface area contributed by atoms with E-state index >= 15 is 0 Å². The summed E-state index contributed by atoms with van der Waals surface area (Å²) in [7, 11) is 0. The molecule has 1 heterocycles. The SMILES string of the molecule is Cc1cc(C(=O)NN2C(=O)NC3(CCCC3)C2=O)ccc1F. The highest BCUT2D eigenvalue weighted by molar-refractivity contribution is 6.09. The molecule has 1 saturated carbocycles. The molecular weight excluding hydrogens is 289 g/mol. The lowest BCUT2D eigenvalue weighted by Crippen LogP contribution is -2.48. The molecule has 0 unspecified atom stereocenters. The minimum atomic E-state index is -0.872. The van der Waals surface area contributed by atoms with Gasteiger partial charge in [0.1, 0.15) is 11.4 Å². The van der Waals surface area contributed by atoms with Crippen LogP contribution in [0, 0.1) is 12.7 Å². The third-order valence-electron chi connectivity index (χ3n) is 4.25. The van der Waals surface area contributed by atoms with Gasteiger partial charge in [-0.15, -0.1) is 0 Å². The smallest absolute Gasteiger partial charge is 0.322 e. The first-order valence-electron chi connectivity index (χ1n) is 7.17. The fraction of sp³-hybridized carbons (Fsp3) is 0.400. The van der Waals surface area contributed by atoms with E-state index in [2.05, 4.69) is 10.7 Å². The summed E-state index contributed by atoms with van der Waals surface area (Å²) in [5, 5.41) is 3.40. The number of nitrogens with zero attached hydrogens (tertiary/aromatic N) is 1. The Bertz CT molecular complexity index is 668. The van der Waals surface area contributed by atoms with Crippen molar-refractivity contribution in [2.45, 2.75) is 38.1 Å². The Kier molecular flexibility index (Phi) is 3.35. The molecule has 3 rings (SSSR count). The third-order valence-corrected chi connectivity index (χ3v) is 4.25. The van der Waals surface area contributed by atoms with Crippen LogP contribution in [0.1, 0.15) is 41.6 Å². The Labute approximate surface area is 126 Å². The van der Waals surface area contributed by atoms with Crippen molar-refractivity contribution in [3.05, 3.63) is 35.1 Å². The number of benzene rings is 1. The Balaban J connectivity index is 1.77. The van der Waals surface area contributed by atoms with Gasteiger partial charge in [-0.2, -0.15) is 5.01 Å². The monoisotopic (exact) mass is 305 g/mol. The van der Waals surface area contributed by atoms with Crippen LogP contribution in [0.2, 0.25) is 0 Å². The zero-order valence-corrected chi connectivity index (χ0v) is 12.1. The van der Waals surface area contributed by atoms with Gasteiger partial charge in [0.05, 0.1) is 0 Å². The summed E-state index contributed by atoms with van der Waals surface area (Å²) >= 11 is 0. The number of carbonyl (C=O) groups is 3. The van der Waals surface area contributed by atoms with Gasteiger partial charge in [-0.05, 0) is 43.5 Å². The fourth-order valence-electron chi connectivity index (χ4n) is 2.99. The average Bonchev–Trinajstić information content (AvgIpc) is 3.03. The summed E-state index contributed by atoms with van der Waals surface area (Å²) in [5.74, 6) is -1.47. The second kappa shape index (κ2) is 5.08. The molecule has 1 aliphatic heterocycles. The van der Waals surface area contributed by atoms with Gasteiger partial charge >= 0.3 is 6.03 Å². The molecule has 1 saturated heterocycles. The number of halogens is 1. The predicted molar refractivity (Wildman–Crippen MR) is 75.2 cm³/mol. The van der Waals surface area contributed by atoms with Crippen molar-refractivity contribution in [2.24, 2.45) is 0 Å². The van der Waals surface area contributed by atoms with Crippen LogP contribution < -0.4 is 10.7 Å². The zero-order valence-electron chi connectivity index (χ0n) is 12.1. The zero-order chi connectivity index (χ0) is 15.9. The number of nitrogens with one attached hydrogen (secondary N) is 2. The number of urea groups is 1.